The van der Waals surface area contributed by atoms with Crippen molar-refractivity contribution in [3.8, 4) is 11.5 Å². The molecule has 0 spiro atoms. The Kier molecular flexibility index (Phi) is 3.64. The van der Waals surface area contributed by atoms with Crippen LogP contribution in [-0.4, -0.2) is 32.6 Å². The molecule has 1 saturated heterocycles. The molecule has 1 aliphatic rings. The molecule has 1 aliphatic heterocycles. The lowest BCUT2D eigenvalue weighted by atomic mass is 10.2. The number of aryl methyl sites for hydroxylation is 1. The van der Waals surface area contributed by atoms with E-state index in [1.54, 1.807) is 0 Å². The van der Waals surface area contributed by atoms with Gasteiger partial charge in [0.05, 0.1) is 6.20 Å². The summed E-state index contributed by atoms with van der Waals surface area (Å²) in [6.45, 7) is 4.32. The molecule has 0 unspecified atom stereocenters. The molecule has 0 radical (unpaired) electrons. The fourth-order valence-corrected chi connectivity index (χ4v) is 2.64. The van der Waals surface area contributed by atoms with E-state index in [2.05, 4.69) is 38.0 Å². The summed E-state index contributed by atoms with van der Waals surface area (Å²) in [5.74, 6) is 2.07. The molecular weight excluding hydrogens is 238 g/mol. The van der Waals surface area contributed by atoms with Crippen molar-refractivity contribution in [2.75, 3.05) is 13.1 Å². The fraction of sp³-hybridized carbons (Fsp3) is 0.571. The van der Waals surface area contributed by atoms with E-state index in [1.165, 1.54) is 19.3 Å². The van der Waals surface area contributed by atoms with Crippen LogP contribution in [0.3, 0.4) is 0 Å². The van der Waals surface area contributed by atoms with E-state index in [-0.39, 0.29) is 0 Å². The number of hydrogen-bond acceptors (Lipinski definition) is 3. The molecule has 5 nitrogen and oxygen atoms in total. The van der Waals surface area contributed by atoms with E-state index < -0.39 is 0 Å². The summed E-state index contributed by atoms with van der Waals surface area (Å²) in [6.07, 6.45) is 10.4. The first kappa shape index (κ1) is 12.4. The Morgan fingerprint density at radius 2 is 2.37 bits per heavy atom. The van der Waals surface area contributed by atoms with E-state index in [1.807, 2.05) is 12.4 Å². The predicted octanol–water partition coefficient (Wildman–Crippen LogP) is 2.15. The number of hydrogen-bond donors (Lipinski definition) is 2. The van der Waals surface area contributed by atoms with E-state index in [0.29, 0.717) is 6.04 Å². The van der Waals surface area contributed by atoms with Crippen LogP contribution >= 0.6 is 0 Å². The van der Waals surface area contributed by atoms with Gasteiger partial charge in [-0.15, -0.1) is 0 Å². The first-order chi connectivity index (χ1) is 9.38. The number of nitrogens with one attached hydrogen (secondary N) is 2. The van der Waals surface area contributed by atoms with Crippen LogP contribution in [0.15, 0.2) is 18.6 Å². The second-order valence-electron chi connectivity index (χ2n) is 5.15. The summed E-state index contributed by atoms with van der Waals surface area (Å²) in [4.78, 5) is 12.3. The van der Waals surface area contributed by atoms with Crippen molar-refractivity contribution in [1.82, 2.24) is 24.8 Å². The maximum absolute atomic E-state index is 4.49. The average molecular weight is 259 g/mol. The molecule has 0 saturated carbocycles. The second kappa shape index (κ2) is 5.57. The van der Waals surface area contributed by atoms with Gasteiger partial charge in [-0.2, -0.15) is 0 Å². The Balaban J connectivity index is 1.81. The number of H-pyrrole nitrogens is 1. The Bertz CT molecular complexity index is 521. The normalized spacial score (nSPS) is 19.1. The van der Waals surface area contributed by atoms with Gasteiger partial charge in [0, 0.05) is 31.4 Å². The molecule has 2 aromatic heterocycles. The molecule has 0 amide bonds. The van der Waals surface area contributed by atoms with Gasteiger partial charge in [0.1, 0.15) is 11.5 Å². The third-order valence-corrected chi connectivity index (χ3v) is 3.73. The van der Waals surface area contributed by atoms with E-state index in [9.17, 15) is 0 Å². The molecule has 2 aromatic rings. The van der Waals surface area contributed by atoms with Crippen LogP contribution in [0.4, 0.5) is 0 Å². The standard InChI is InChI=1S/C14H21N5/c1-2-3-4-13-17-10-12(18-13)14-16-7-8-19(14)11-5-6-15-9-11/h7-8,10-11,15H,2-6,9H2,1H3,(H,17,18)/t11-/m0/s1. The van der Waals surface area contributed by atoms with Crippen LogP contribution in [0.5, 0.6) is 0 Å². The lowest BCUT2D eigenvalue weighted by Crippen LogP contribution is -2.13. The minimum atomic E-state index is 0.514. The SMILES string of the molecule is CCCCc1ncc(-c2nccn2[C@H]2CCNC2)[nH]1. The molecule has 19 heavy (non-hydrogen) atoms. The lowest BCUT2D eigenvalue weighted by molar-refractivity contribution is 0.551. The van der Waals surface area contributed by atoms with E-state index in [0.717, 1.165) is 36.9 Å². The highest BCUT2D eigenvalue weighted by Crippen LogP contribution is 2.23. The molecule has 2 N–H and O–H groups in total. The minimum Gasteiger partial charge on any atom is -0.339 e. The van der Waals surface area contributed by atoms with Crippen LogP contribution in [0.2, 0.25) is 0 Å². The molecule has 3 rings (SSSR count). The molecule has 102 valence electrons. The van der Waals surface area contributed by atoms with Crippen molar-refractivity contribution in [3.05, 3.63) is 24.4 Å². The number of aromatic amines is 1. The first-order valence-corrected chi connectivity index (χ1v) is 7.16. The highest BCUT2D eigenvalue weighted by molar-refractivity contribution is 5.49. The second-order valence-corrected chi connectivity index (χ2v) is 5.15. The van der Waals surface area contributed by atoms with Crippen LogP contribution in [0.1, 0.15) is 38.1 Å². The van der Waals surface area contributed by atoms with Crippen molar-refractivity contribution in [2.45, 2.75) is 38.6 Å². The lowest BCUT2D eigenvalue weighted by Gasteiger charge is -2.13. The summed E-state index contributed by atoms with van der Waals surface area (Å²) in [6, 6.07) is 0.514. The van der Waals surface area contributed by atoms with E-state index >= 15 is 0 Å². The van der Waals surface area contributed by atoms with Crippen LogP contribution in [0, 0.1) is 0 Å². The number of rotatable bonds is 5. The smallest absolute Gasteiger partial charge is 0.158 e. The topological polar surface area (TPSA) is 58.5 Å². The molecule has 5 heteroatoms. The van der Waals surface area contributed by atoms with Gasteiger partial charge in [0.2, 0.25) is 0 Å². The fourth-order valence-electron chi connectivity index (χ4n) is 2.64. The summed E-state index contributed by atoms with van der Waals surface area (Å²) < 4.78 is 2.26. The Morgan fingerprint density at radius 3 is 3.16 bits per heavy atom. The monoisotopic (exact) mass is 259 g/mol. The molecule has 3 heterocycles. The zero-order valence-corrected chi connectivity index (χ0v) is 11.4. The van der Waals surface area contributed by atoms with E-state index in [4.69, 9.17) is 0 Å². The van der Waals surface area contributed by atoms with Crippen molar-refractivity contribution < 1.29 is 0 Å². The maximum atomic E-state index is 4.49. The third-order valence-electron chi connectivity index (χ3n) is 3.73. The maximum Gasteiger partial charge on any atom is 0.158 e. The third kappa shape index (κ3) is 2.56. The highest BCUT2D eigenvalue weighted by atomic mass is 15.1. The van der Waals surface area contributed by atoms with Crippen LogP contribution < -0.4 is 5.32 Å². The molecule has 1 fully saturated rings. The molecular formula is C14H21N5. The van der Waals surface area contributed by atoms with Crippen molar-refractivity contribution >= 4 is 0 Å². The van der Waals surface area contributed by atoms with Crippen LogP contribution in [-0.2, 0) is 6.42 Å². The highest BCUT2D eigenvalue weighted by Gasteiger charge is 2.20. The quantitative estimate of drug-likeness (QED) is 0.865. The summed E-state index contributed by atoms with van der Waals surface area (Å²) in [5, 5.41) is 3.40. The van der Waals surface area contributed by atoms with Gasteiger partial charge in [-0.05, 0) is 19.4 Å². The number of nitrogens with zero attached hydrogens (tertiary/aromatic N) is 3. The largest absolute Gasteiger partial charge is 0.339 e. The average Bonchev–Trinajstić information content (AvgIpc) is 3.14. The molecule has 0 aromatic carbocycles. The summed E-state index contributed by atoms with van der Waals surface area (Å²) in [5.41, 5.74) is 1.03. The zero-order valence-electron chi connectivity index (χ0n) is 11.4. The minimum absolute atomic E-state index is 0.514. The van der Waals surface area contributed by atoms with Crippen LogP contribution in [0.25, 0.3) is 11.5 Å². The van der Waals surface area contributed by atoms with Gasteiger partial charge in [0.25, 0.3) is 0 Å². The number of unbranched alkanes of at least 4 members (excludes halogenated alkanes) is 1. The van der Waals surface area contributed by atoms with Gasteiger partial charge < -0.3 is 14.9 Å². The Morgan fingerprint density at radius 1 is 1.42 bits per heavy atom. The van der Waals surface area contributed by atoms with Crippen molar-refractivity contribution in [3.63, 3.8) is 0 Å². The predicted molar refractivity (Wildman–Crippen MR) is 74.9 cm³/mol. The Labute approximate surface area is 113 Å². The summed E-state index contributed by atoms with van der Waals surface area (Å²) in [7, 11) is 0. The van der Waals surface area contributed by atoms with Crippen molar-refractivity contribution in [1.29, 1.82) is 0 Å². The molecule has 0 bridgehead atoms. The van der Waals surface area contributed by atoms with Gasteiger partial charge in [-0.1, -0.05) is 13.3 Å². The summed E-state index contributed by atoms with van der Waals surface area (Å²) >= 11 is 0. The number of aromatic nitrogens is 4. The Hall–Kier alpha value is -1.62. The molecule has 0 aliphatic carbocycles. The van der Waals surface area contributed by atoms with Gasteiger partial charge in [-0.3, -0.25) is 0 Å². The number of imidazole rings is 2. The zero-order chi connectivity index (χ0) is 13.1. The first-order valence-electron chi connectivity index (χ1n) is 7.16. The van der Waals surface area contributed by atoms with Gasteiger partial charge >= 0.3 is 0 Å². The van der Waals surface area contributed by atoms with Crippen molar-refractivity contribution in [2.24, 2.45) is 0 Å². The van der Waals surface area contributed by atoms with Gasteiger partial charge in [-0.25, -0.2) is 9.97 Å². The van der Waals surface area contributed by atoms with Gasteiger partial charge in [0.15, 0.2) is 5.82 Å². The molecule has 1 atom stereocenters.